The van der Waals surface area contributed by atoms with Crippen molar-refractivity contribution in [2.75, 3.05) is 13.7 Å². The lowest BCUT2D eigenvalue weighted by Gasteiger charge is -2.18. The van der Waals surface area contributed by atoms with Gasteiger partial charge in [-0.1, -0.05) is 17.7 Å². The summed E-state index contributed by atoms with van der Waals surface area (Å²) in [6.45, 7) is 2.41. The van der Waals surface area contributed by atoms with Gasteiger partial charge in [0.25, 0.3) is 0 Å². The molecule has 7 heteroatoms. The molecule has 0 aliphatic rings. The van der Waals surface area contributed by atoms with Crippen LogP contribution < -0.4 is 4.74 Å². The zero-order valence-electron chi connectivity index (χ0n) is 12.8. The van der Waals surface area contributed by atoms with Crippen LogP contribution in [0.15, 0.2) is 47.4 Å². The molecule has 0 aromatic heterocycles. The first-order chi connectivity index (χ1) is 10.8. The van der Waals surface area contributed by atoms with Crippen LogP contribution >= 0.6 is 11.6 Å². The molecule has 4 nitrogen and oxygen atoms in total. The Morgan fingerprint density at radius 3 is 2.39 bits per heavy atom. The maximum absolute atomic E-state index is 13.1. The lowest BCUT2D eigenvalue weighted by Crippen LogP contribution is -2.26. The molecule has 23 heavy (non-hydrogen) atoms. The van der Waals surface area contributed by atoms with Gasteiger partial charge in [-0.3, -0.25) is 0 Å². The molecule has 0 saturated carbocycles. The van der Waals surface area contributed by atoms with E-state index in [2.05, 4.69) is 0 Å². The van der Waals surface area contributed by atoms with E-state index in [1.807, 2.05) is 6.92 Å². The number of benzene rings is 2. The number of hydrogen-bond acceptors (Lipinski definition) is 3. The van der Waals surface area contributed by atoms with E-state index in [-0.39, 0.29) is 16.5 Å². The fourth-order valence-electron chi connectivity index (χ4n) is 2.03. The molecule has 0 unspecified atom stereocenters. The second-order valence-corrected chi connectivity index (χ2v) is 7.35. The standard InChI is InChI=1S/C16H17ClFNO3S/c1-3-22-14-6-8-15(9-7-14)23(20,21)19(2)11-12-4-5-13(18)10-16(12)17/h4-10H,3,11H2,1-2H3. The van der Waals surface area contributed by atoms with E-state index in [0.717, 1.165) is 6.07 Å². The summed E-state index contributed by atoms with van der Waals surface area (Å²) in [5.74, 6) is 0.145. The summed E-state index contributed by atoms with van der Waals surface area (Å²) in [4.78, 5) is 0.154. The van der Waals surface area contributed by atoms with Crippen LogP contribution in [-0.4, -0.2) is 26.4 Å². The highest BCUT2D eigenvalue weighted by Crippen LogP contribution is 2.23. The maximum atomic E-state index is 13.1. The van der Waals surface area contributed by atoms with Crippen molar-refractivity contribution in [3.05, 3.63) is 58.9 Å². The summed E-state index contributed by atoms with van der Waals surface area (Å²) in [5, 5.41) is 0.193. The maximum Gasteiger partial charge on any atom is 0.243 e. The lowest BCUT2D eigenvalue weighted by atomic mass is 10.2. The molecule has 2 aromatic carbocycles. The second kappa shape index (κ2) is 7.29. The molecule has 2 aromatic rings. The van der Waals surface area contributed by atoms with Crippen LogP contribution in [0.4, 0.5) is 4.39 Å². The van der Waals surface area contributed by atoms with E-state index in [0.29, 0.717) is 17.9 Å². The molecular weight excluding hydrogens is 341 g/mol. The predicted octanol–water partition coefficient (Wildman–Crippen LogP) is 3.70. The molecule has 0 heterocycles. The van der Waals surface area contributed by atoms with Crippen molar-refractivity contribution >= 4 is 21.6 Å². The van der Waals surface area contributed by atoms with Gasteiger partial charge in [0.2, 0.25) is 10.0 Å². The van der Waals surface area contributed by atoms with Gasteiger partial charge in [-0.15, -0.1) is 0 Å². The molecule has 0 fully saturated rings. The number of hydrogen-bond donors (Lipinski definition) is 0. The summed E-state index contributed by atoms with van der Waals surface area (Å²) in [6, 6.07) is 10.1. The van der Waals surface area contributed by atoms with Crippen LogP contribution in [0.1, 0.15) is 12.5 Å². The van der Waals surface area contributed by atoms with Crippen molar-refractivity contribution in [3.8, 4) is 5.75 Å². The minimum absolute atomic E-state index is 0.0503. The summed E-state index contributed by atoms with van der Waals surface area (Å²) in [6.07, 6.45) is 0. The van der Waals surface area contributed by atoms with Crippen molar-refractivity contribution in [2.45, 2.75) is 18.4 Å². The second-order valence-electron chi connectivity index (χ2n) is 4.90. The zero-order chi connectivity index (χ0) is 17.0. The molecular formula is C16H17ClFNO3S. The molecule has 0 spiro atoms. The Morgan fingerprint density at radius 1 is 1.17 bits per heavy atom. The molecule has 124 valence electrons. The normalized spacial score (nSPS) is 11.7. The van der Waals surface area contributed by atoms with E-state index >= 15 is 0 Å². The van der Waals surface area contributed by atoms with Gasteiger partial charge in [0.15, 0.2) is 0 Å². The minimum Gasteiger partial charge on any atom is -0.494 e. The van der Waals surface area contributed by atoms with Crippen LogP contribution in [0.25, 0.3) is 0 Å². The third-order valence-corrected chi connectivity index (χ3v) is 5.42. The first kappa shape index (κ1) is 17.7. The Hall–Kier alpha value is -1.63. The quantitative estimate of drug-likeness (QED) is 0.792. The van der Waals surface area contributed by atoms with Crippen LogP contribution in [-0.2, 0) is 16.6 Å². The average molecular weight is 358 g/mol. The molecule has 0 bridgehead atoms. The predicted molar refractivity (Wildman–Crippen MR) is 87.7 cm³/mol. The van der Waals surface area contributed by atoms with Crippen molar-refractivity contribution < 1.29 is 17.5 Å². The van der Waals surface area contributed by atoms with Crippen molar-refractivity contribution in [1.29, 1.82) is 0 Å². The van der Waals surface area contributed by atoms with Gasteiger partial charge in [-0.05, 0) is 48.9 Å². The van der Waals surface area contributed by atoms with E-state index < -0.39 is 15.8 Å². The van der Waals surface area contributed by atoms with Gasteiger partial charge in [0.1, 0.15) is 11.6 Å². The summed E-state index contributed by atoms with van der Waals surface area (Å²) in [5.41, 5.74) is 0.532. The average Bonchev–Trinajstić information content (AvgIpc) is 2.51. The Bertz CT molecular complexity index is 778. The zero-order valence-corrected chi connectivity index (χ0v) is 14.4. The summed E-state index contributed by atoms with van der Waals surface area (Å²) < 4.78 is 44.6. The monoisotopic (exact) mass is 357 g/mol. The van der Waals surface area contributed by atoms with E-state index in [9.17, 15) is 12.8 Å². The highest BCUT2D eigenvalue weighted by Gasteiger charge is 2.21. The van der Waals surface area contributed by atoms with Crippen molar-refractivity contribution in [2.24, 2.45) is 0 Å². The Morgan fingerprint density at radius 2 is 1.83 bits per heavy atom. The Kier molecular flexibility index (Phi) is 5.62. The number of halogens is 2. The first-order valence-corrected chi connectivity index (χ1v) is 8.79. The molecule has 0 aliphatic carbocycles. The van der Waals surface area contributed by atoms with Crippen LogP contribution in [0.5, 0.6) is 5.75 Å². The van der Waals surface area contributed by atoms with Gasteiger partial charge in [0, 0.05) is 18.6 Å². The van der Waals surface area contributed by atoms with E-state index in [1.54, 1.807) is 12.1 Å². The number of rotatable bonds is 6. The SMILES string of the molecule is CCOc1ccc(S(=O)(=O)N(C)Cc2ccc(F)cc2Cl)cc1. The van der Waals surface area contributed by atoms with Gasteiger partial charge in [-0.25, -0.2) is 12.8 Å². The highest BCUT2D eigenvalue weighted by molar-refractivity contribution is 7.89. The smallest absolute Gasteiger partial charge is 0.243 e. The molecule has 0 atom stereocenters. The summed E-state index contributed by atoms with van der Waals surface area (Å²) >= 11 is 5.95. The first-order valence-electron chi connectivity index (χ1n) is 6.97. The third kappa shape index (κ3) is 4.22. The largest absolute Gasteiger partial charge is 0.494 e. The molecule has 0 radical (unpaired) electrons. The fourth-order valence-corrected chi connectivity index (χ4v) is 3.41. The number of nitrogens with zero attached hydrogens (tertiary/aromatic N) is 1. The van der Waals surface area contributed by atoms with Gasteiger partial charge >= 0.3 is 0 Å². The Labute approximate surface area is 140 Å². The number of ether oxygens (including phenoxy) is 1. The van der Waals surface area contributed by atoms with Gasteiger partial charge < -0.3 is 4.74 Å². The summed E-state index contributed by atoms with van der Waals surface area (Å²) in [7, 11) is -2.22. The molecule has 2 rings (SSSR count). The van der Waals surface area contributed by atoms with E-state index in [1.165, 1.54) is 35.6 Å². The van der Waals surface area contributed by atoms with Crippen molar-refractivity contribution in [1.82, 2.24) is 4.31 Å². The molecule has 0 saturated heterocycles. The van der Waals surface area contributed by atoms with E-state index in [4.69, 9.17) is 16.3 Å². The Balaban J connectivity index is 2.20. The molecule has 0 N–H and O–H groups in total. The lowest BCUT2D eigenvalue weighted by molar-refractivity contribution is 0.340. The fraction of sp³-hybridized carbons (Fsp3) is 0.250. The van der Waals surface area contributed by atoms with Gasteiger partial charge in [0.05, 0.1) is 11.5 Å². The minimum atomic E-state index is -3.67. The van der Waals surface area contributed by atoms with Crippen LogP contribution in [0, 0.1) is 5.82 Å². The molecule has 0 amide bonds. The van der Waals surface area contributed by atoms with Crippen molar-refractivity contribution in [3.63, 3.8) is 0 Å². The van der Waals surface area contributed by atoms with Crippen LogP contribution in [0.3, 0.4) is 0 Å². The number of sulfonamides is 1. The molecule has 0 aliphatic heterocycles. The topological polar surface area (TPSA) is 46.6 Å². The van der Waals surface area contributed by atoms with Gasteiger partial charge in [-0.2, -0.15) is 4.31 Å². The van der Waals surface area contributed by atoms with Crippen LogP contribution in [0.2, 0.25) is 5.02 Å². The highest BCUT2D eigenvalue weighted by atomic mass is 35.5. The third-order valence-electron chi connectivity index (χ3n) is 3.25.